The van der Waals surface area contributed by atoms with Crippen molar-refractivity contribution >= 4 is 34.1 Å². The zero-order chi connectivity index (χ0) is 17.2. The van der Waals surface area contributed by atoms with Crippen LogP contribution in [-0.4, -0.2) is 14.8 Å². The van der Waals surface area contributed by atoms with Gasteiger partial charge in [-0.1, -0.05) is 65.8 Å². The van der Waals surface area contributed by atoms with Crippen molar-refractivity contribution in [1.29, 1.82) is 0 Å². The summed E-state index contributed by atoms with van der Waals surface area (Å²) >= 11 is 7.65. The highest BCUT2D eigenvalue weighted by Gasteiger charge is 2.11. The van der Waals surface area contributed by atoms with Gasteiger partial charge in [-0.15, -0.1) is 10.2 Å². The molecule has 0 atom stereocenters. The molecule has 25 heavy (non-hydrogen) atoms. The Balaban J connectivity index is 1.53. The Hall–Kier alpha value is -2.30. The molecule has 0 amide bonds. The summed E-state index contributed by atoms with van der Waals surface area (Å²) in [6.45, 7) is 0. The molecule has 4 aromatic rings. The lowest BCUT2D eigenvalue weighted by Crippen LogP contribution is -1.95. The number of thioether (sulfide) groups is 1. The minimum Gasteiger partial charge on any atom is -0.305 e. The van der Waals surface area contributed by atoms with Crippen LogP contribution in [0.4, 0.5) is 0 Å². The maximum atomic E-state index is 5.96. The zero-order valence-corrected chi connectivity index (χ0v) is 15.3. The van der Waals surface area contributed by atoms with E-state index in [-0.39, 0.29) is 0 Å². The maximum Gasteiger partial charge on any atom is 0.191 e. The van der Waals surface area contributed by atoms with Crippen LogP contribution in [0.25, 0.3) is 22.2 Å². The SMILES string of the molecule is Cn1c(SCc2ccc3ccccc3c2)nnc1-c1ccc(Cl)cc1. The first-order valence-corrected chi connectivity index (χ1v) is 9.33. The van der Waals surface area contributed by atoms with Crippen molar-refractivity contribution in [1.82, 2.24) is 14.8 Å². The lowest BCUT2D eigenvalue weighted by Gasteiger charge is -2.05. The third kappa shape index (κ3) is 3.41. The van der Waals surface area contributed by atoms with E-state index in [4.69, 9.17) is 11.6 Å². The van der Waals surface area contributed by atoms with E-state index >= 15 is 0 Å². The van der Waals surface area contributed by atoms with Crippen LogP contribution in [-0.2, 0) is 12.8 Å². The molecule has 0 aliphatic carbocycles. The van der Waals surface area contributed by atoms with Gasteiger partial charge in [0.05, 0.1) is 0 Å². The normalized spacial score (nSPS) is 11.1. The van der Waals surface area contributed by atoms with Crippen molar-refractivity contribution in [3.63, 3.8) is 0 Å². The summed E-state index contributed by atoms with van der Waals surface area (Å²) < 4.78 is 2.02. The lowest BCUT2D eigenvalue weighted by atomic mass is 10.1. The molecule has 0 radical (unpaired) electrons. The molecule has 3 nitrogen and oxygen atoms in total. The van der Waals surface area contributed by atoms with Crippen LogP contribution in [0, 0.1) is 0 Å². The van der Waals surface area contributed by atoms with Crippen LogP contribution < -0.4 is 0 Å². The standard InChI is InChI=1S/C20H16ClN3S/c1-24-19(16-8-10-18(21)11-9-16)22-23-20(24)25-13-14-6-7-15-4-2-3-5-17(15)12-14/h2-12H,13H2,1H3. The summed E-state index contributed by atoms with van der Waals surface area (Å²) in [5.74, 6) is 1.70. The molecule has 0 saturated heterocycles. The molecule has 1 aromatic heterocycles. The minimum atomic E-state index is 0.719. The second kappa shape index (κ2) is 6.90. The highest BCUT2D eigenvalue weighted by Crippen LogP contribution is 2.27. The van der Waals surface area contributed by atoms with E-state index in [9.17, 15) is 0 Å². The van der Waals surface area contributed by atoms with Gasteiger partial charge in [-0.05, 0) is 40.6 Å². The number of fused-ring (bicyclic) bond motifs is 1. The van der Waals surface area contributed by atoms with E-state index in [1.807, 2.05) is 35.9 Å². The molecule has 0 aliphatic heterocycles. The average molecular weight is 366 g/mol. The first-order chi connectivity index (χ1) is 12.2. The summed E-state index contributed by atoms with van der Waals surface area (Å²) in [7, 11) is 1.99. The Labute approximate surface area is 155 Å². The molecule has 4 rings (SSSR count). The summed E-state index contributed by atoms with van der Waals surface area (Å²) in [5.41, 5.74) is 2.29. The van der Waals surface area contributed by atoms with Gasteiger partial charge in [0.25, 0.3) is 0 Å². The number of hydrogen-bond acceptors (Lipinski definition) is 3. The molecule has 0 fully saturated rings. The number of halogens is 1. The predicted octanol–water partition coefficient (Wildman–Crippen LogP) is 5.58. The Morgan fingerprint density at radius 3 is 2.48 bits per heavy atom. The molecule has 0 saturated carbocycles. The molecule has 124 valence electrons. The Morgan fingerprint density at radius 1 is 0.920 bits per heavy atom. The number of hydrogen-bond donors (Lipinski definition) is 0. The van der Waals surface area contributed by atoms with E-state index in [0.29, 0.717) is 0 Å². The molecule has 0 aliphatic rings. The summed E-state index contributed by atoms with van der Waals surface area (Å²) in [6.07, 6.45) is 0. The summed E-state index contributed by atoms with van der Waals surface area (Å²) in [6, 6.07) is 22.6. The minimum absolute atomic E-state index is 0.719. The van der Waals surface area contributed by atoms with Gasteiger partial charge in [-0.25, -0.2) is 0 Å². The van der Waals surface area contributed by atoms with Gasteiger partial charge < -0.3 is 4.57 Å². The molecular weight excluding hydrogens is 350 g/mol. The van der Waals surface area contributed by atoms with E-state index in [2.05, 4.69) is 52.7 Å². The maximum absolute atomic E-state index is 5.96. The van der Waals surface area contributed by atoms with Gasteiger partial charge in [-0.2, -0.15) is 0 Å². The fourth-order valence-electron chi connectivity index (χ4n) is 2.77. The fourth-order valence-corrected chi connectivity index (χ4v) is 3.75. The summed E-state index contributed by atoms with van der Waals surface area (Å²) in [4.78, 5) is 0. The van der Waals surface area contributed by atoms with Gasteiger partial charge >= 0.3 is 0 Å². The van der Waals surface area contributed by atoms with E-state index in [0.717, 1.165) is 27.3 Å². The lowest BCUT2D eigenvalue weighted by molar-refractivity contribution is 0.794. The van der Waals surface area contributed by atoms with Crippen LogP contribution in [0.1, 0.15) is 5.56 Å². The highest BCUT2D eigenvalue weighted by molar-refractivity contribution is 7.98. The quantitative estimate of drug-likeness (QED) is 0.442. The first-order valence-electron chi connectivity index (χ1n) is 7.96. The highest BCUT2D eigenvalue weighted by atomic mass is 35.5. The van der Waals surface area contributed by atoms with Crippen molar-refractivity contribution in [3.8, 4) is 11.4 Å². The molecule has 3 aromatic carbocycles. The molecule has 0 bridgehead atoms. The predicted molar refractivity (Wildman–Crippen MR) is 105 cm³/mol. The van der Waals surface area contributed by atoms with Crippen LogP contribution in [0.15, 0.2) is 71.9 Å². The van der Waals surface area contributed by atoms with E-state index in [1.165, 1.54) is 16.3 Å². The van der Waals surface area contributed by atoms with Gasteiger partial charge in [-0.3, -0.25) is 0 Å². The van der Waals surface area contributed by atoms with E-state index < -0.39 is 0 Å². The van der Waals surface area contributed by atoms with Gasteiger partial charge in [0.2, 0.25) is 0 Å². The third-order valence-electron chi connectivity index (χ3n) is 4.12. The number of nitrogens with zero attached hydrogens (tertiary/aromatic N) is 3. The van der Waals surface area contributed by atoms with Crippen LogP contribution in [0.2, 0.25) is 5.02 Å². The monoisotopic (exact) mass is 365 g/mol. The van der Waals surface area contributed by atoms with Crippen molar-refractivity contribution < 1.29 is 0 Å². The topological polar surface area (TPSA) is 30.7 Å². The molecule has 1 heterocycles. The van der Waals surface area contributed by atoms with Crippen molar-refractivity contribution in [2.24, 2.45) is 7.05 Å². The largest absolute Gasteiger partial charge is 0.305 e. The van der Waals surface area contributed by atoms with Gasteiger partial charge in [0.15, 0.2) is 11.0 Å². The van der Waals surface area contributed by atoms with Crippen molar-refractivity contribution in [2.75, 3.05) is 0 Å². The Morgan fingerprint density at radius 2 is 1.68 bits per heavy atom. The third-order valence-corrected chi connectivity index (χ3v) is 5.46. The molecule has 0 spiro atoms. The van der Waals surface area contributed by atoms with E-state index in [1.54, 1.807) is 11.8 Å². The average Bonchev–Trinajstić information content (AvgIpc) is 3.01. The molecule has 0 N–H and O–H groups in total. The molecular formula is C20H16ClN3S. The van der Waals surface area contributed by atoms with Crippen LogP contribution >= 0.6 is 23.4 Å². The van der Waals surface area contributed by atoms with Crippen LogP contribution in [0.3, 0.4) is 0 Å². The Bertz CT molecular complexity index is 1020. The van der Waals surface area contributed by atoms with Crippen molar-refractivity contribution in [2.45, 2.75) is 10.9 Å². The van der Waals surface area contributed by atoms with Gasteiger partial charge in [0, 0.05) is 23.4 Å². The second-order valence-corrected chi connectivity index (χ2v) is 7.22. The first kappa shape index (κ1) is 16.2. The second-order valence-electron chi connectivity index (χ2n) is 5.84. The molecule has 5 heteroatoms. The molecule has 0 unspecified atom stereocenters. The number of benzene rings is 3. The van der Waals surface area contributed by atoms with Gasteiger partial charge in [0.1, 0.15) is 0 Å². The fraction of sp³-hybridized carbons (Fsp3) is 0.100. The smallest absolute Gasteiger partial charge is 0.191 e. The van der Waals surface area contributed by atoms with Crippen LogP contribution in [0.5, 0.6) is 0 Å². The Kier molecular flexibility index (Phi) is 4.47. The number of rotatable bonds is 4. The summed E-state index contributed by atoms with van der Waals surface area (Å²) in [5, 5.41) is 12.8. The number of aromatic nitrogens is 3. The zero-order valence-electron chi connectivity index (χ0n) is 13.7. The van der Waals surface area contributed by atoms with Crippen molar-refractivity contribution in [3.05, 3.63) is 77.3 Å².